The molecule has 0 radical (unpaired) electrons. The smallest absolute Gasteiger partial charge is 0.231 e. The Labute approximate surface area is 246 Å². The number of nitrogens with one attached hydrogen (secondary N) is 3. The molecule has 3 aromatic heterocycles. The Morgan fingerprint density at radius 3 is 2.52 bits per heavy atom. The van der Waals surface area contributed by atoms with Gasteiger partial charge in [0.05, 0.1) is 29.2 Å². The van der Waals surface area contributed by atoms with Crippen LogP contribution in [0, 0.1) is 0 Å². The van der Waals surface area contributed by atoms with Gasteiger partial charge < -0.3 is 30.2 Å². The maximum Gasteiger partial charge on any atom is 0.231 e. The SMILES string of the molecule is COc1cc(N2CCN(C)CC2)c(C2CC2)cc1Nc1nc(Nc2ccc3nccnc3c2P(C)C)c2cc[nH]c2n1. The zero-order valence-corrected chi connectivity index (χ0v) is 25.4. The van der Waals surface area contributed by atoms with Crippen LogP contribution < -0.4 is 25.6 Å². The molecule has 42 heavy (non-hydrogen) atoms. The van der Waals surface area contributed by atoms with Gasteiger partial charge in [0.25, 0.3) is 0 Å². The van der Waals surface area contributed by atoms with Crippen molar-refractivity contribution in [3.63, 3.8) is 0 Å². The number of likely N-dealkylation sites (N-methyl/N-ethyl adjacent to an activating group) is 1. The molecular formula is C31H36N9OP. The van der Waals surface area contributed by atoms with Crippen molar-refractivity contribution in [1.82, 2.24) is 29.8 Å². The zero-order valence-electron chi connectivity index (χ0n) is 24.5. The molecule has 0 bridgehead atoms. The monoisotopic (exact) mass is 581 g/mol. The third-order valence-electron chi connectivity index (χ3n) is 8.19. The minimum Gasteiger partial charge on any atom is -0.494 e. The van der Waals surface area contributed by atoms with Crippen LogP contribution in [0.4, 0.5) is 28.8 Å². The predicted octanol–water partition coefficient (Wildman–Crippen LogP) is 5.39. The normalized spacial score (nSPS) is 16.0. The van der Waals surface area contributed by atoms with E-state index in [-0.39, 0.29) is 0 Å². The van der Waals surface area contributed by atoms with Gasteiger partial charge in [-0.25, -0.2) is 0 Å². The fraction of sp³-hybridized carbons (Fsp3) is 0.355. The van der Waals surface area contributed by atoms with Crippen LogP contribution in [0.3, 0.4) is 0 Å². The number of nitrogens with zero attached hydrogens (tertiary/aromatic N) is 6. The Morgan fingerprint density at radius 2 is 1.76 bits per heavy atom. The topological polar surface area (TPSA) is 107 Å². The Kier molecular flexibility index (Phi) is 7.04. The summed E-state index contributed by atoms with van der Waals surface area (Å²) in [5.41, 5.74) is 7.10. The number of piperazine rings is 1. The van der Waals surface area contributed by atoms with Gasteiger partial charge in [-0.1, -0.05) is 7.92 Å². The molecule has 2 aromatic carbocycles. The number of aromatic amines is 1. The van der Waals surface area contributed by atoms with Crippen LogP contribution in [0.5, 0.6) is 5.75 Å². The van der Waals surface area contributed by atoms with E-state index >= 15 is 0 Å². The molecule has 3 N–H and O–H groups in total. The molecule has 1 aliphatic heterocycles. The van der Waals surface area contributed by atoms with Crippen molar-refractivity contribution >= 4 is 64.1 Å². The first-order chi connectivity index (χ1) is 20.5. The number of ether oxygens (including phenoxy) is 1. The summed E-state index contributed by atoms with van der Waals surface area (Å²) in [6.45, 7) is 8.64. The minimum absolute atomic E-state index is 0.469. The van der Waals surface area contributed by atoms with Gasteiger partial charge in [0.2, 0.25) is 5.95 Å². The summed E-state index contributed by atoms with van der Waals surface area (Å²) >= 11 is 0. The summed E-state index contributed by atoms with van der Waals surface area (Å²) < 4.78 is 5.92. The average Bonchev–Trinajstić information content (AvgIpc) is 3.73. The van der Waals surface area contributed by atoms with E-state index in [9.17, 15) is 0 Å². The second-order valence-corrected chi connectivity index (χ2v) is 13.6. The van der Waals surface area contributed by atoms with Crippen LogP contribution in [0.2, 0.25) is 0 Å². The van der Waals surface area contributed by atoms with Gasteiger partial charge in [0.1, 0.15) is 17.2 Å². The molecule has 5 aromatic rings. The average molecular weight is 582 g/mol. The first-order valence-electron chi connectivity index (χ1n) is 14.4. The van der Waals surface area contributed by atoms with Crippen LogP contribution in [-0.2, 0) is 0 Å². The Bertz CT molecular complexity index is 1760. The summed E-state index contributed by atoms with van der Waals surface area (Å²) in [5, 5.41) is 9.21. The van der Waals surface area contributed by atoms with Crippen molar-refractivity contribution < 1.29 is 4.74 Å². The first kappa shape index (κ1) is 26.9. The Hall–Kier alpha value is -4.01. The van der Waals surface area contributed by atoms with E-state index in [0.717, 1.165) is 71.2 Å². The second kappa shape index (κ2) is 11.0. The molecule has 4 heterocycles. The number of rotatable bonds is 8. The summed E-state index contributed by atoms with van der Waals surface area (Å²) in [4.78, 5) is 27.1. The Balaban J connectivity index is 1.26. The quantitative estimate of drug-likeness (QED) is 0.208. The van der Waals surface area contributed by atoms with E-state index in [4.69, 9.17) is 14.7 Å². The highest BCUT2D eigenvalue weighted by Gasteiger charge is 2.30. The van der Waals surface area contributed by atoms with Crippen molar-refractivity contribution in [2.24, 2.45) is 0 Å². The molecule has 1 aliphatic carbocycles. The molecule has 11 heteroatoms. The molecule has 2 aliphatic rings. The molecule has 0 amide bonds. The molecule has 1 saturated carbocycles. The lowest BCUT2D eigenvalue weighted by atomic mass is 10.0. The van der Waals surface area contributed by atoms with Gasteiger partial charge >= 0.3 is 0 Å². The third-order valence-corrected chi connectivity index (χ3v) is 9.53. The van der Waals surface area contributed by atoms with Crippen molar-refractivity contribution in [2.75, 3.05) is 69.2 Å². The van der Waals surface area contributed by atoms with Gasteiger partial charge in [-0.3, -0.25) is 9.97 Å². The molecule has 1 saturated heterocycles. The zero-order chi connectivity index (χ0) is 28.8. The molecule has 10 nitrogen and oxygen atoms in total. The van der Waals surface area contributed by atoms with Gasteiger partial charge in [0.15, 0.2) is 0 Å². The van der Waals surface area contributed by atoms with E-state index < -0.39 is 7.92 Å². The Morgan fingerprint density at radius 1 is 0.952 bits per heavy atom. The number of fused-ring (bicyclic) bond motifs is 2. The van der Waals surface area contributed by atoms with E-state index in [1.807, 2.05) is 18.3 Å². The summed E-state index contributed by atoms with van der Waals surface area (Å²) in [7, 11) is 3.45. The van der Waals surface area contributed by atoms with Crippen LogP contribution >= 0.6 is 7.92 Å². The van der Waals surface area contributed by atoms with Crippen LogP contribution in [0.25, 0.3) is 22.1 Å². The predicted molar refractivity (Wildman–Crippen MR) is 173 cm³/mol. The molecule has 0 unspecified atom stereocenters. The highest BCUT2D eigenvalue weighted by atomic mass is 31.1. The van der Waals surface area contributed by atoms with Gasteiger partial charge in [0, 0.05) is 67.5 Å². The maximum atomic E-state index is 5.92. The molecule has 7 rings (SSSR count). The lowest BCUT2D eigenvalue weighted by Crippen LogP contribution is -2.44. The van der Waals surface area contributed by atoms with Gasteiger partial charge in [-0.2, -0.15) is 9.97 Å². The van der Waals surface area contributed by atoms with Gasteiger partial charge in [-0.15, -0.1) is 0 Å². The van der Waals surface area contributed by atoms with Crippen molar-refractivity contribution in [3.05, 3.63) is 54.5 Å². The lowest BCUT2D eigenvalue weighted by Gasteiger charge is -2.35. The van der Waals surface area contributed by atoms with Crippen molar-refractivity contribution in [2.45, 2.75) is 18.8 Å². The third kappa shape index (κ3) is 5.10. The van der Waals surface area contributed by atoms with Crippen LogP contribution in [-0.4, -0.2) is 83.5 Å². The number of benzene rings is 2. The first-order valence-corrected chi connectivity index (χ1v) is 16.7. The lowest BCUT2D eigenvalue weighted by molar-refractivity contribution is 0.312. The molecule has 0 spiro atoms. The molecule has 2 fully saturated rings. The van der Waals surface area contributed by atoms with E-state index in [2.05, 4.69) is 74.0 Å². The maximum absolute atomic E-state index is 5.92. The van der Waals surface area contributed by atoms with Crippen LogP contribution in [0.1, 0.15) is 24.3 Å². The van der Waals surface area contributed by atoms with Crippen LogP contribution in [0.15, 0.2) is 48.9 Å². The second-order valence-electron chi connectivity index (χ2n) is 11.3. The molecule has 0 atom stereocenters. The molecular weight excluding hydrogens is 545 g/mol. The minimum atomic E-state index is -0.469. The summed E-state index contributed by atoms with van der Waals surface area (Å²) in [6.07, 6.45) is 7.83. The highest BCUT2D eigenvalue weighted by Crippen LogP contribution is 2.48. The van der Waals surface area contributed by atoms with E-state index in [1.165, 1.54) is 29.4 Å². The number of hydrogen-bond acceptors (Lipinski definition) is 9. The fourth-order valence-corrected chi connectivity index (χ4v) is 7.02. The fourth-order valence-electron chi connectivity index (χ4n) is 5.81. The number of methoxy groups -OCH3 is 1. The van der Waals surface area contributed by atoms with Crippen molar-refractivity contribution in [1.29, 1.82) is 0 Å². The highest BCUT2D eigenvalue weighted by molar-refractivity contribution is 7.65. The number of anilines is 5. The van der Waals surface area contributed by atoms with Crippen molar-refractivity contribution in [3.8, 4) is 5.75 Å². The summed E-state index contributed by atoms with van der Waals surface area (Å²) in [6, 6.07) is 10.5. The van der Waals surface area contributed by atoms with E-state index in [0.29, 0.717) is 11.9 Å². The molecule has 216 valence electrons. The standard InChI is InChI=1S/C31H36N9OP/c1-39-13-15-40(16-14-39)25-18-26(41-2)24(17-21(25)19-5-6-19)36-31-37-29-20(9-10-34-29)30(38-31)35-23-8-7-22-27(28(23)42(3)4)33-12-11-32-22/h7-12,17-19H,5-6,13-16H2,1-4H3,(H3,34,35,36,37,38). The summed E-state index contributed by atoms with van der Waals surface area (Å²) in [5.74, 6) is 2.59. The van der Waals surface area contributed by atoms with Gasteiger partial charge in [-0.05, 0) is 69.0 Å². The number of aromatic nitrogens is 5. The van der Waals surface area contributed by atoms with E-state index in [1.54, 1.807) is 19.5 Å². The largest absolute Gasteiger partial charge is 0.494 e. The number of H-pyrrole nitrogens is 1. The number of hydrogen-bond donors (Lipinski definition) is 3.